The van der Waals surface area contributed by atoms with Gasteiger partial charge in [0.25, 0.3) is 0 Å². The molecule has 108 valence electrons. The van der Waals surface area contributed by atoms with Gasteiger partial charge in [0.15, 0.2) is 5.78 Å². The second-order valence-corrected chi connectivity index (χ2v) is 5.62. The van der Waals surface area contributed by atoms with Gasteiger partial charge in [-0.05, 0) is 41.0 Å². The van der Waals surface area contributed by atoms with Gasteiger partial charge in [-0.15, -0.1) is 0 Å². The summed E-state index contributed by atoms with van der Waals surface area (Å²) in [6, 6.07) is 6.22. The predicted molar refractivity (Wildman–Crippen MR) is 74.9 cm³/mol. The molecular formula is C15H7Cl2F3O. The van der Waals surface area contributed by atoms with Crippen molar-refractivity contribution in [3.05, 3.63) is 57.1 Å². The van der Waals surface area contributed by atoms with Crippen LogP contribution in [0.3, 0.4) is 0 Å². The Kier molecular flexibility index (Phi) is 3.26. The van der Waals surface area contributed by atoms with Crippen molar-refractivity contribution in [2.45, 2.75) is 12.6 Å². The number of carbonyl (C=O) groups is 1. The van der Waals surface area contributed by atoms with E-state index in [1.165, 1.54) is 18.2 Å². The van der Waals surface area contributed by atoms with Gasteiger partial charge in [-0.3, -0.25) is 4.79 Å². The highest BCUT2D eigenvalue weighted by molar-refractivity contribution is 6.38. The Hall–Kier alpha value is -1.52. The van der Waals surface area contributed by atoms with Crippen LogP contribution in [0.25, 0.3) is 11.1 Å². The van der Waals surface area contributed by atoms with Crippen LogP contribution in [0.2, 0.25) is 10.0 Å². The van der Waals surface area contributed by atoms with Crippen LogP contribution in [-0.2, 0) is 12.6 Å². The van der Waals surface area contributed by atoms with Gasteiger partial charge in [-0.1, -0.05) is 29.3 Å². The lowest BCUT2D eigenvalue weighted by Gasteiger charge is -2.21. The molecule has 0 saturated carbocycles. The summed E-state index contributed by atoms with van der Waals surface area (Å²) in [7, 11) is 0. The molecule has 6 heteroatoms. The minimum atomic E-state index is -4.45. The van der Waals surface area contributed by atoms with E-state index < -0.39 is 11.7 Å². The fourth-order valence-electron chi connectivity index (χ4n) is 2.49. The molecule has 0 fully saturated rings. The summed E-state index contributed by atoms with van der Waals surface area (Å²) >= 11 is 11.9. The van der Waals surface area contributed by atoms with E-state index in [0.717, 1.165) is 12.1 Å². The third kappa shape index (κ3) is 2.43. The second kappa shape index (κ2) is 4.75. The lowest BCUT2D eigenvalue weighted by Crippen LogP contribution is -2.15. The third-order valence-corrected chi connectivity index (χ3v) is 3.93. The molecule has 3 rings (SSSR count). The van der Waals surface area contributed by atoms with Crippen molar-refractivity contribution >= 4 is 29.0 Å². The molecule has 0 aromatic heterocycles. The number of rotatable bonds is 0. The lowest BCUT2D eigenvalue weighted by molar-refractivity contribution is -0.137. The molecule has 0 spiro atoms. The molecule has 0 unspecified atom stereocenters. The highest BCUT2D eigenvalue weighted by Crippen LogP contribution is 2.41. The Labute approximate surface area is 128 Å². The number of fused-ring (bicyclic) bond motifs is 3. The summed E-state index contributed by atoms with van der Waals surface area (Å²) in [6.07, 6.45) is -4.42. The first-order chi connectivity index (χ1) is 9.77. The predicted octanol–water partition coefficient (Wildman–Crippen LogP) is 5.42. The number of Topliss-reactive ketones (excluding diaryl/α,β-unsaturated/α-hetero) is 1. The maximum atomic E-state index is 12.9. The number of hydrogen-bond donors (Lipinski definition) is 0. The molecule has 0 atom stereocenters. The maximum Gasteiger partial charge on any atom is 0.416 e. The van der Waals surface area contributed by atoms with E-state index >= 15 is 0 Å². The van der Waals surface area contributed by atoms with Crippen LogP contribution in [-0.4, -0.2) is 5.78 Å². The van der Waals surface area contributed by atoms with E-state index in [4.69, 9.17) is 23.2 Å². The fraction of sp³-hybridized carbons (Fsp3) is 0.133. The van der Waals surface area contributed by atoms with Gasteiger partial charge in [0, 0.05) is 17.0 Å². The van der Waals surface area contributed by atoms with E-state index in [1.807, 2.05) is 0 Å². The fourth-order valence-corrected chi connectivity index (χ4v) is 3.09. The van der Waals surface area contributed by atoms with Crippen LogP contribution in [0.5, 0.6) is 0 Å². The van der Waals surface area contributed by atoms with Crippen LogP contribution in [0.15, 0.2) is 30.3 Å². The van der Waals surface area contributed by atoms with Crippen LogP contribution in [0.4, 0.5) is 13.2 Å². The highest BCUT2D eigenvalue weighted by Gasteiger charge is 2.33. The Morgan fingerprint density at radius 2 is 1.71 bits per heavy atom. The lowest BCUT2D eigenvalue weighted by atomic mass is 9.84. The van der Waals surface area contributed by atoms with Crippen molar-refractivity contribution in [3.8, 4) is 11.1 Å². The third-order valence-electron chi connectivity index (χ3n) is 3.41. The standard InChI is InChI=1S/C15H7Cl2F3O/c16-9-5-11-10-4-8(15(18,19)20)2-1-7(10)3-13(21)14(11)12(17)6-9/h1-2,4-6H,3H2. The maximum absolute atomic E-state index is 12.9. The summed E-state index contributed by atoms with van der Waals surface area (Å²) in [5, 5.41) is 0.433. The molecule has 0 N–H and O–H groups in total. The number of carbonyl (C=O) groups excluding carboxylic acids is 1. The first-order valence-corrected chi connectivity index (χ1v) is 6.75. The largest absolute Gasteiger partial charge is 0.416 e. The van der Waals surface area contributed by atoms with Gasteiger partial charge in [-0.25, -0.2) is 0 Å². The van der Waals surface area contributed by atoms with Crippen molar-refractivity contribution in [1.29, 1.82) is 0 Å². The van der Waals surface area contributed by atoms with Crippen molar-refractivity contribution in [2.75, 3.05) is 0 Å². The monoisotopic (exact) mass is 330 g/mol. The quantitative estimate of drug-likeness (QED) is 0.630. The zero-order chi connectivity index (χ0) is 15.4. The Balaban J connectivity index is 2.30. The Morgan fingerprint density at radius 3 is 2.38 bits per heavy atom. The van der Waals surface area contributed by atoms with Crippen LogP contribution in [0, 0.1) is 0 Å². The molecule has 0 aliphatic heterocycles. The van der Waals surface area contributed by atoms with Crippen molar-refractivity contribution in [3.63, 3.8) is 0 Å². The smallest absolute Gasteiger partial charge is 0.294 e. The van der Waals surface area contributed by atoms with Crippen molar-refractivity contribution in [1.82, 2.24) is 0 Å². The summed E-state index contributed by atoms with van der Waals surface area (Å²) in [6.45, 7) is 0. The number of hydrogen-bond acceptors (Lipinski definition) is 1. The number of halogens is 5. The highest BCUT2D eigenvalue weighted by atomic mass is 35.5. The summed E-state index contributed by atoms with van der Waals surface area (Å²) in [5.74, 6) is -0.223. The molecule has 2 aromatic carbocycles. The van der Waals surface area contributed by atoms with E-state index in [9.17, 15) is 18.0 Å². The Bertz CT molecular complexity index is 766. The van der Waals surface area contributed by atoms with E-state index in [-0.39, 0.29) is 27.8 Å². The van der Waals surface area contributed by atoms with E-state index in [0.29, 0.717) is 16.7 Å². The van der Waals surface area contributed by atoms with E-state index in [2.05, 4.69) is 0 Å². The topological polar surface area (TPSA) is 17.1 Å². The number of ketones is 1. The molecule has 21 heavy (non-hydrogen) atoms. The minimum Gasteiger partial charge on any atom is -0.294 e. The first-order valence-electron chi connectivity index (χ1n) is 6.00. The summed E-state index contributed by atoms with van der Waals surface area (Å²) in [4.78, 5) is 12.1. The number of benzene rings is 2. The van der Waals surface area contributed by atoms with Gasteiger partial charge >= 0.3 is 6.18 Å². The van der Waals surface area contributed by atoms with Gasteiger partial charge in [0.2, 0.25) is 0 Å². The molecular weight excluding hydrogens is 324 g/mol. The molecule has 0 saturated heterocycles. The van der Waals surface area contributed by atoms with Crippen molar-refractivity contribution in [2.24, 2.45) is 0 Å². The van der Waals surface area contributed by atoms with Gasteiger partial charge in [0.05, 0.1) is 10.6 Å². The molecule has 0 heterocycles. The summed E-state index contributed by atoms with van der Waals surface area (Å²) < 4.78 is 38.6. The average molecular weight is 331 g/mol. The first kappa shape index (κ1) is 14.4. The molecule has 0 amide bonds. The van der Waals surface area contributed by atoms with Crippen LogP contribution in [0.1, 0.15) is 21.5 Å². The van der Waals surface area contributed by atoms with Gasteiger partial charge < -0.3 is 0 Å². The zero-order valence-electron chi connectivity index (χ0n) is 10.4. The molecule has 0 radical (unpaired) electrons. The van der Waals surface area contributed by atoms with Gasteiger partial charge in [0.1, 0.15) is 0 Å². The minimum absolute atomic E-state index is 0.0296. The molecule has 1 aliphatic carbocycles. The normalized spacial score (nSPS) is 13.9. The molecule has 1 nitrogen and oxygen atoms in total. The molecule has 2 aromatic rings. The van der Waals surface area contributed by atoms with Crippen LogP contribution < -0.4 is 0 Å². The number of alkyl halides is 3. The zero-order valence-corrected chi connectivity index (χ0v) is 11.9. The summed E-state index contributed by atoms with van der Waals surface area (Å²) in [5.41, 5.74) is 0.707. The second-order valence-electron chi connectivity index (χ2n) is 4.78. The molecule has 0 bridgehead atoms. The van der Waals surface area contributed by atoms with Crippen LogP contribution >= 0.6 is 23.2 Å². The Morgan fingerprint density at radius 1 is 1.00 bits per heavy atom. The molecule has 1 aliphatic rings. The SMILES string of the molecule is O=C1Cc2ccc(C(F)(F)F)cc2-c2cc(Cl)cc(Cl)c21. The van der Waals surface area contributed by atoms with Gasteiger partial charge in [-0.2, -0.15) is 13.2 Å². The van der Waals surface area contributed by atoms with E-state index in [1.54, 1.807) is 0 Å². The van der Waals surface area contributed by atoms with Crippen molar-refractivity contribution < 1.29 is 18.0 Å². The average Bonchev–Trinajstić information content (AvgIpc) is 2.36.